The monoisotopic (exact) mass is 214 g/mol. The van der Waals surface area contributed by atoms with Gasteiger partial charge in [-0.2, -0.15) is 0 Å². The molecule has 0 aromatic rings. The zero-order valence-electron chi connectivity index (χ0n) is 10.8. The average molecular weight is 214 g/mol. The molecule has 2 nitrogen and oxygen atoms in total. The molecular formula is C13H26O2. The Kier molecular flexibility index (Phi) is 7.67. The Hall–Kier alpha value is -0.370. The molecule has 15 heavy (non-hydrogen) atoms. The summed E-state index contributed by atoms with van der Waals surface area (Å²) >= 11 is 0. The highest BCUT2D eigenvalue weighted by Crippen LogP contribution is 2.23. The van der Waals surface area contributed by atoms with Gasteiger partial charge in [0.15, 0.2) is 5.78 Å². The van der Waals surface area contributed by atoms with Gasteiger partial charge in [0.2, 0.25) is 0 Å². The van der Waals surface area contributed by atoms with Gasteiger partial charge in [-0.15, -0.1) is 0 Å². The molecule has 0 spiro atoms. The van der Waals surface area contributed by atoms with E-state index >= 15 is 0 Å². The first-order valence-electron chi connectivity index (χ1n) is 6.25. The lowest BCUT2D eigenvalue weighted by Crippen LogP contribution is -2.39. The molecule has 0 rings (SSSR count). The maximum Gasteiger partial charge on any atom is 0.164 e. The third kappa shape index (κ3) is 4.33. The molecule has 0 aliphatic carbocycles. The van der Waals surface area contributed by atoms with Crippen LogP contribution in [-0.2, 0) is 9.53 Å². The summed E-state index contributed by atoms with van der Waals surface area (Å²) in [6.45, 7) is 6.23. The van der Waals surface area contributed by atoms with Gasteiger partial charge in [-0.05, 0) is 19.3 Å². The topological polar surface area (TPSA) is 26.3 Å². The van der Waals surface area contributed by atoms with Crippen LogP contribution in [0.1, 0.15) is 65.7 Å². The number of unbranched alkanes of at least 4 members (excludes halogenated alkanes) is 3. The number of carbonyl (C=O) groups excluding carboxylic acids is 1. The van der Waals surface area contributed by atoms with Crippen LogP contribution in [0.5, 0.6) is 0 Å². The molecule has 0 aliphatic rings. The van der Waals surface area contributed by atoms with Crippen LogP contribution >= 0.6 is 0 Å². The maximum absolute atomic E-state index is 12.0. The van der Waals surface area contributed by atoms with E-state index in [2.05, 4.69) is 6.92 Å². The first-order chi connectivity index (χ1) is 7.16. The predicted molar refractivity (Wildman–Crippen MR) is 64.1 cm³/mol. The molecule has 0 heterocycles. The van der Waals surface area contributed by atoms with Crippen molar-refractivity contribution in [1.29, 1.82) is 0 Å². The summed E-state index contributed by atoms with van der Waals surface area (Å²) in [5, 5.41) is 0. The van der Waals surface area contributed by atoms with Crippen molar-refractivity contribution < 1.29 is 9.53 Å². The lowest BCUT2D eigenvalue weighted by molar-refractivity contribution is -0.142. The Bertz CT molecular complexity index is 163. The zero-order chi connectivity index (χ0) is 11.7. The van der Waals surface area contributed by atoms with Gasteiger partial charge in [0.1, 0.15) is 5.60 Å². The van der Waals surface area contributed by atoms with E-state index in [1.807, 2.05) is 13.8 Å². The lowest BCUT2D eigenvalue weighted by atomic mass is 9.89. The van der Waals surface area contributed by atoms with Gasteiger partial charge in [-0.25, -0.2) is 0 Å². The molecule has 0 atom stereocenters. The summed E-state index contributed by atoms with van der Waals surface area (Å²) in [5.74, 6) is 0.283. The Balaban J connectivity index is 4.04. The van der Waals surface area contributed by atoms with Crippen LogP contribution in [0.2, 0.25) is 0 Å². The van der Waals surface area contributed by atoms with E-state index in [1.54, 1.807) is 7.11 Å². The Morgan fingerprint density at radius 3 is 2.07 bits per heavy atom. The fourth-order valence-electron chi connectivity index (χ4n) is 1.99. The second-order valence-corrected chi connectivity index (χ2v) is 4.14. The Morgan fingerprint density at radius 1 is 1.07 bits per heavy atom. The van der Waals surface area contributed by atoms with Crippen LogP contribution in [0.25, 0.3) is 0 Å². The van der Waals surface area contributed by atoms with Crippen LogP contribution in [0, 0.1) is 0 Å². The van der Waals surface area contributed by atoms with Gasteiger partial charge >= 0.3 is 0 Å². The number of carbonyl (C=O) groups is 1. The van der Waals surface area contributed by atoms with Crippen molar-refractivity contribution >= 4 is 5.78 Å². The molecule has 0 radical (unpaired) electrons. The highest BCUT2D eigenvalue weighted by Gasteiger charge is 2.33. The van der Waals surface area contributed by atoms with E-state index in [-0.39, 0.29) is 5.78 Å². The second kappa shape index (κ2) is 7.86. The van der Waals surface area contributed by atoms with E-state index in [9.17, 15) is 4.79 Å². The zero-order valence-corrected chi connectivity index (χ0v) is 10.8. The summed E-state index contributed by atoms with van der Waals surface area (Å²) < 4.78 is 5.41. The van der Waals surface area contributed by atoms with Gasteiger partial charge < -0.3 is 4.74 Å². The molecule has 0 saturated carbocycles. The number of ether oxygens (including phenoxy) is 1. The van der Waals surface area contributed by atoms with Crippen LogP contribution in [0.15, 0.2) is 0 Å². The van der Waals surface area contributed by atoms with Gasteiger partial charge in [0.05, 0.1) is 0 Å². The number of methoxy groups -OCH3 is 1. The summed E-state index contributed by atoms with van der Waals surface area (Å²) in [6, 6.07) is 0. The minimum atomic E-state index is -0.508. The van der Waals surface area contributed by atoms with Gasteiger partial charge in [-0.1, -0.05) is 40.0 Å². The van der Waals surface area contributed by atoms with E-state index in [0.29, 0.717) is 6.42 Å². The molecule has 2 heteroatoms. The summed E-state index contributed by atoms with van der Waals surface area (Å²) in [5.41, 5.74) is -0.508. The minimum absolute atomic E-state index is 0.283. The molecule has 0 bridgehead atoms. The molecule has 0 aromatic heterocycles. The van der Waals surface area contributed by atoms with E-state index in [1.165, 1.54) is 12.8 Å². The van der Waals surface area contributed by atoms with Crippen molar-refractivity contribution in [1.82, 2.24) is 0 Å². The minimum Gasteiger partial charge on any atom is -0.370 e. The van der Waals surface area contributed by atoms with Gasteiger partial charge in [0, 0.05) is 13.5 Å². The van der Waals surface area contributed by atoms with Gasteiger partial charge in [0.25, 0.3) is 0 Å². The molecule has 0 unspecified atom stereocenters. The van der Waals surface area contributed by atoms with Crippen molar-refractivity contribution in [3.8, 4) is 0 Å². The fraction of sp³-hybridized carbons (Fsp3) is 0.923. The number of ketones is 1. The van der Waals surface area contributed by atoms with Crippen LogP contribution in [0.4, 0.5) is 0 Å². The predicted octanol–water partition coefficient (Wildman–Crippen LogP) is 3.73. The Morgan fingerprint density at radius 2 is 1.67 bits per heavy atom. The first kappa shape index (κ1) is 14.6. The van der Waals surface area contributed by atoms with E-state index in [4.69, 9.17) is 4.74 Å². The van der Waals surface area contributed by atoms with Crippen molar-refractivity contribution in [3.05, 3.63) is 0 Å². The standard InChI is InChI=1S/C13H26O2/c1-5-8-9-10-11-12(14)13(6-2,7-3)15-4/h5-11H2,1-4H3. The smallest absolute Gasteiger partial charge is 0.164 e. The Labute approximate surface area is 94.4 Å². The summed E-state index contributed by atoms with van der Waals surface area (Å²) in [4.78, 5) is 12.0. The van der Waals surface area contributed by atoms with E-state index < -0.39 is 5.60 Å². The SMILES string of the molecule is CCCCCCC(=O)C(CC)(CC)OC. The fourth-order valence-corrected chi connectivity index (χ4v) is 1.99. The third-order valence-electron chi connectivity index (χ3n) is 3.30. The van der Waals surface area contributed by atoms with Crippen molar-refractivity contribution in [2.24, 2.45) is 0 Å². The number of hydrogen-bond donors (Lipinski definition) is 0. The van der Waals surface area contributed by atoms with Crippen molar-refractivity contribution in [2.45, 2.75) is 71.3 Å². The van der Waals surface area contributed by atoms with Crippen LogP contribution in [0.3, 0.4) is 0 Å². The summed E-state index contributed by atoms with van der Waals surface area (Å²) in [7, 11) is 1.65. The normalized spacial score (nSPS) is 11.7. The molecule has 90 valence electrons. The number of Topliss-reactive ketones (excluding diaryl/α,β-unsaturated/α-hetero) is 1. The second-order valence-electron chi connectivity index (χ2n) is 4.14. The first-order valence-corrected chi connectivity index (χ1v) is 6.25. The summed E-state index contributed by atoms with van der Waals surface area (Å²) in [6.07, 6.45) is 6.86. The molecular weight excluding hydrogens is 188 g/mol. The van der Waals surface area contributed by atoms with Crippen molar-refractivity contribution in [2.75, 3.05) is 7.11 Å². The number of hydrogen-bond acceptors (Lipinski definition) is 2. The van der Waals surface area contributed by atoms with Crippen molar-refractivity contribution in [3.63, 3.8) is 0 Å². The lowest BCUT2D eigenvalue weighted by Gasteiger charge is -2.28. The molecule has 0 N–H and O–H groups in total. The largest absolute Gasteiger partial charge is 0.370 e. The third-order valence-corrected chi connectivity index (χ3v) is 3.30. The molecule has 0 aliphatic heterocycles. The van der Waals surface area contributed by atoms with E-state index in [0.717, 1.165) is 25.7 Å². The maximum atomic E-state index is 12.0. The molecule has 0 amide bonds. The highest BCUT2D eigenvalue weighted by atomic mass is 16.5. The number of rotatable bonds is 9. The average Bonchev–Trinajstić information content (AvgIpc) is 2.28. The highest BCUT2D eigenvalue weighted by molar-refractivity contribution is 5.87. The van der Waals surface area contributed by atoms with Crippen LogP contribution in [-0.4, -0.2) is 18.5 Å². The molecule has 0 saturated heterocycles. The van der Waals surface area contributed by atoms with Gasteiger partial charge in [-0.3, -0.25) is 4.79 Å². The quantitative estimate of drug-likeness (QED) is 0.547. The van der Waals surface area contributed by atoms with Crippen LogP contribution < -0.4 is 0 Å². The molecule has 0 fully saturated rings. The molecule has 0 aromatic carbocycles.